The van der Waals surface area contributed by atoms with Gasteiger partial charge in [0.1, 0.15) is 18.9 Å². The van der Waals surface area contributed by atoms with Crippen LogP contribution in [-0.2, 0) is 18.0 Å². The van der Waals surface area contributed by atoms with E-state index in [1.165, 1.54) is 20.7 Å². The standard InChI is InChI=1S/C24H29N3O6/c1-24(2,3)33-23(31)26-15-25(12-16-9-10-16)22(30)20-21(19(29)11-18(13-28)27(20)26)32-14-17-7-5-4-6-8-17/h4-8,11,16,28H,9-10,12-15H2,1-3H3. The van der Waals surface area contributed by atoms with Crippen LogP contribution in [0.2, 0.25) is 0 Å². The van der Waals surface area contributed by atoms with Gasteiger partial charge in [-0.25, -0.2) is 9.47 Å². The second-order valence-corrected chi connectivity index (χ2v) is 9.41. The molecule has 1 fully saturated rings. The maximum atomic E-state index is 13.5. The van der Waals surface area contributed by atoms with Crippen LogP contribution in [0.5, 0.6) is 5.75 Å². The molecule has 33 heavy (non-hydrogen) atoms. The molecule has 1 aliphatic heterocycles. The quantitative estimate of drug-likeness (QED) is 0.719. The van der Waals surface area contributed by atoms with Crippen LogP contribution < -0.4 is 15.2 Å². The molecule has 2 amide bonds. The number of nitrogens with zero attached hydrogens (tertiary/aromatic N) is 3. The number of aromatic nitrogens is 1. The van der Waals surface area contributed by atoms with Gasteiger partial charge in [0.15, 0.2) is 11.4 Å². The Kier molecular flexibility index (Phi) is 6.16. The Morgan fingerprint density at radius 2 is 1.85 bits per heavy atom. The molecule has 2 aromatic rings. The number of carbonyl (C=O) groups is 2. The molecule has 1 aliphatic carbocycles. The summed E-state index contributed by atoms with van der Waals surface area (Å²) in [5, 5.41) is 11.2. The molecule has 9 heteroatoms. The zero-order chi connectivity index (χ0) is 23.8. The van der Waals surface area contributed by atoms with E-state index in [9.17, 15) is 19.5 Å². The number of hydrogen-bond donors (Lipinski definition) is 1. The van der Waals surface area contributed by atoms with E-state index in [-0.39, 0.29) is 30.4 Å². The molecule has 0 atom stereocenters. The van der Waals surface area contributed by atoms with Crippen molar-refractivity contribution in [2.45, 2.75) is 52.4 Å². The molecule has 0 radical (unpaired) electrons. The van der Waals surface area contributed by atoms with E-state index in [1.807, 2.05) is 30.3 Å². The van der Waals surface area contributed by atoms with Crippen molar-refractivity contribution < 1.29 is 24.2 Å². The van der Waals surface area contributed by atoms with Gasteiger partial charge in [0.2, 0.25) is 5.43 Å². The van der Waals surface area contributed by atoms with Gasteiger partial charge in [0, 0.05) is 12.6 Å². The fraction of sp³-hybridized carbons (Fsp3) is 0.458. The summed E-state index contributed by atoms with van der Waals surface area (Å²) >= 11 is 0. The van der Waals surface area contributed by atoms with E-state index in [0.29, 0.717) is 12.5 Å². The molecule has 2 aliphatic rings. The summed E-state index contributed by atoms with van der Waals surface area (Å²) in [5.41, 5.74) is -0.464. The first-order valence-electron chi connectivity index (χ1n) is 11.0. The lowest BCUT2D eigenvalue weighted by molar-refractivity contribution is 0.0440. The monoisotopic (exact) mass is 455 g/mol. The summed E-state index contributed by atoms with van der Waals surface area (Å²) in [5.74, 6) is -0.213. The minimum atomic E-state index is -0.773. The largest absolute Gasteiger partial charge is 0.482 e. The van der Waals surface area contributed by atoms with Gasteiger partial charge in [-0.1, -0.05) is 30.3 Å². The normalized spacial score (nSPS) is 15.9. The van der Waals surface area contributed by atoms with Crippen LogP contribution in [-0.4, -0.2) is 45.5 Å². The topological polar surface area (TPSA) is 101 Å². The molecule has 1 aromatic carbocycles. The van der Waals surface area contributed by atoms with Crippen molar-refractivity contribution in [3.05, 3.63) is 63.6 Å². The van der Waals surface area contributed by atoms with Crippen LogP contribution >= 0.6 is 0 Å². The van der Waals surface area contributed by atoms with E-state index in [0.717, 1.165) is 18.4 Å². The summed E-state index contributed by atoms with van der Waals surface area (Å²) in [6, 6.07) is 10.4. The molecule has 0 unspecified atom stereocenters. The Bertz CT molecular complexity index is 1100. The predicted octanol–water partition coefficient (Wildman–Crippen LogP) is 2.62. The smallest absolute Gasteiger partial charge is 0.431 e. The average Bonchev–Trinajstić information content (AvgIpc) is 3.58. The van der Waals surface area contributed by atoms with E-state index in [2.05, 4.69) is 0 Å². The number of aliphatic hydroxyl groups is 1. The third-order valence-corrected chi connectivity index (χ3v) is 5.42. The molecule has 176 valence electrons. The van der Waals surface area contributed by atoms with Gasteiger partial charge >= 0.3 is 6.09 Å². The molecular weight excluding hydrogens is 426 g/mol. The van der Waals surface area contributed by atoms with Crippen LogP contribution in [0.25, 0.3) is 0 Å². The molecule has 1 saturated carbocycles. The number of amides is 2. The maximum Gasteiger partial charge on any atom is 0.431 e. The van der Waals surface area contributed by atoms with Crippen LogP contribution in [0.3, 0.4) is 0 Å². The van der Waals surface area contributed by atoms with E-state index in [4.69, 9.17) is 9.47 Å². The SMILES string of the molecule is CC(C)(C)OC(=O)N1CN(CC2CC2)C(=O)c2c(OCc3ccccc3)c(=O)cc(CO)n21. The van der Waals surface area contributed by atoms with Gasteiger partial charge in [0.25, 0.3) is 5.91 Å². The molecule has 0 saturated heterocycles. The number of aliphatic hydroxyl groups excluding tert-OH is 1. The maximum absolute atomic E-state index is 13.5. The van der Waals surface area contributed by atoms with Crippen molar-refractivity contribution in [2.24, 2.45) is 5.92 Å². The molecular formula is C24H29N3O6. The number of fused-ring (bicyclic) bond motifs is 1. The fourth-order valence-corrected chi connectivity index (χ4v) is 3.73. The Morgan fingerprint density at radius 1 is 1.15 bits per heavy atom. The van der Waals surface area contributed by atoms with Crippen molar-refractivity contribution >= 4 is 12.0 Å². The van der Waals surface area contributed by atoms with Crippen molar-refractivity contribution in [3.8, 4) is 5.75 Å². The lowest BCUT2D eigenvalue weighted by atomic mass is 10.2. The van der Waals surface area contributed by atoms with E-state index in [1.54, 1.807) is 20.8 Å². The van der Waals surface area contributed by atoms with Crippen LogP contribution in [0, 0.1) is 5.92 Å². The number of carbonyl (C=O) groups excluding carboxylic acids is 2. The van der Waals surface area contributed by atoms with E-state index >= 15 is 0 Å². The molecule has 0 bridgehead atoms. The number of benzene rings is 1. The summed E-state index contributed by atoms with van der Waals surface area (Å²) in [7, 11) is 0. The first-order chi connectivity index (χ1) is 15.7. The van der Waals surface area contributed by atoms with Gasteiger partial charge in [-0.05, 0) is 45.1 Å². The van der Waals surface area contributed by atoms with Crippen molar-refractivity contribution in [1.82, 2.24) is 9.58 Å². The highest BCUT2D eigenvalue weighted by atomic mass is 16.6. The molecule has 1 N–H and O–H groups in total. The number of ether oxygens (including phenoxy) is 2. The van der Waals surface area contributed by atoms with Crippen molar-refractivity contribution in [2.75, 3.05) is 18.2 Å². The second-order valence-electron chi connectivity index (χ2n) is 9.41. The summed E-state index contributed by atoms with van der Waals surface area (Å²) in [6.45, 7) is 5.18. The van der Waals surface area contributed by atoms with Crippen LogP contribution in [0.15, 0.2) is 41.2 Å². The molecule has 1 aromatic heterocycles. The first-order valence-corrected chi connectivity index (χ1v) is 11.0. The van der Waals surface area contributed by atoms with E-state index < -0.39 is 29.6 Å². The van der Waals surface area contributed by atoms with Crippen LogP contribution in [0.4, 0.5) is 4.79 Å². The minimum absolute atomic E-state index is 0.0504. The minimum Gasteiger partial charge on any atom is -0.482 e. The zero-order valence-corrected chi connectivity index (χ0v) is 19.1. The van der Waals surface area contributed by atoms with Gasteiger partial charge in [0.05, 0.1) is 12.3 Å². The van der Waals surface area contributed by atoms with Crippen LogP contribution in [0.1, 0.15) is 55.4 Å². The predicted molar refractivity (Wildman–Crippen MR) is 120 cm³/mol. The fourth-order valence-electron chi connectivity index (χ4n) is 3.73. The Labute approximate surface area is 192 Å². The van der Waals surface area contributed by atoms with Crippen molar-refractivity contribution in [1.29, 1.82) is 0 Å². The van der Waals surface area contributed by atoms with Crippen molar-refractivity contribution in [3.63, 3.8) is 0 Å². The van der Waals surface area contributed by atoms with Gasteiger partial charge in [-0.15, -0.1) is 0 Å². The third-order valence-electron chi connectivity index (χ3n) is 5.42. The Balaban J connectivity index is 1.80. The van der Waals surface area contributed by atoms with Gasteiger partial charge in [-0.2, -0.15) is 5.01 Å². The number of pyridine rings is 1. The molecule has 2 heterocycles. The molecule has 9 nitrogen and oxygen atoms in total. The van der Waals surface area contributed by atoms with Gasteiger partial charge < -0.3 is 19.5 Å². The highest BCUT2D eigenvalue weighted by Crippen LogP contribution is 2.32. The number of rotatable bonds is 6. The Morgan fingerprint density at radius 3 is 2.45 bits per heavy atom. The summed E-state index contributed by atoms with van der Waals surface area (Å²) in [6.07, 6.45) is 1.33. The second kappa shape index (κ2) is 8.90. The zero-order valence-electron chi connectivity index (χ0n) is 19.1. The average molecular weight is 456 g/mol. The first kappa shape index (κ1) is 22.8. The highest BCUT2D eigenvalue weighted by Gasteiger charge is 2.40. The summed E-state index contributed by atoms with van der Waals surface area (Å²) in [4.78, 5) is 41.1. The lowest BCUT2D eigenvalue weighted by Crippen LogP contribution is -2.58. The highest BCUT2D eigenvalue weighted by molar-refractivity contribution is 5.98. The van der Waals surface area contributed by atoms with Gasteiger partial charge in [-0.3, -0.25) is 9.59 Å². The Hall–Kier alpha value is -3.33. The lowest BCUT2D eigenvalue weighted by Gasteiger charge is -2.40. The third kappa shape index (κ3) is 5.03. The molecule has 4 rings (SSSR count). The summed E-state index contributed by atoms with van der Waals surface area (Å²) < 4.78 is 12.7. The molecule has 0 spiro atoms. The number of hydrogen-bond acceptors (Lipinski definition) is 6.